The Kier molecular flexibility index (Phi) is 70.1. The van der Waals surface area contributed by atoms with Crippen LogP contribution in [0.5, 0.6) is 0 Å². The van der Waals surface area contributed by atoms with Crippen molar-refractivity contribution in [1.82, 2.24) is 0 Å². The molecule has 0 radical (unpaired) electrons. The van der Waals surface area contributed by atoms with Gasteiger partial charge in [-0.3, -0.25) is 18.6 Å². The first-order valence-electron chi connectivity index (χ1n) is 38.2. The topological polar surface area (TPSA) is 108 Å². The van der Waals surface area contributed by atoms with Crippen LogP contribution in [0.25, 0.3) is 0 Å². The molecule has 0 amide bonds. The molecule has 96 heavy (non-hydrogen) atoms. The Morgan fingerprint density at radius 3 is 0.844 bits per heavy atom. The summed E-state index contributed by atoms with van der Waals surface area (Å²) in [5.74, 6) is -0.842. The van der Waals surface area contributed by atoms with E-state index >= 15 is 0 Å². The molecule has 0 saturated carbocycles. The Labute approximate surface area is 590 Å². The second-order valence-electron chi connectivity index (χ2n) is 25.9. The van der Waals surface area contributed by atoms with Gasteiger partial charge in [-0.05, 0) is 141 Å². The van der Waals surface area contributed by atoms with Crippen LogP contribution in [0.1, 0.15) is 284 Å². The van der Waals surface area contributed by atoms with E-state index in [2.05, 4.69) is 208 Å². The van der Waals surface area contributed by atoms with E-state index in [0.717, 1.165) is 141 Å². The van der Waals surface area contributed by atoms with Crippen molar-refractivity contribution in [3.63, 3.8) is 0 Å². The zero-order valence-electron chi connectivity index (χ0n) is 61.8. The van der Waals surface area contributed by atoms with Gasteiger partial charge < -0.3 is 18.9 Å². The zero-order valence-corrected chi connectivity index (χ0v) is 62.7. The second-order valence-corrected chi connectivity index (χ2v) is 27.4. The van der Waals surface area contributed by atoms with Gasteiger partial charge in [0.05, 0.1) is 27.7 Å². The first-order valence-corrected chi connectivity index (χ1v) is 39.7. The Morgan fingerprint density at radius 2 is 0.562 bits per heavy atom. The highest BCUT2D eigenvalue weighted by Crippen LogP contribution is 2.43. The highest BCUT2D eigenvalue weighted by Gasteiger charge is 2.27. The molecule has 0 rings (SSSR count). The number of rotatable bonds is 68. The molecule has 2 atom stereocenters. The number of allylic oxidation sites excluding steroid dienone is 32. The fraction of sp³-hybridized carbons (Fsp3) is 0.605. The molecule has 0 saturated heterocycles. The van der Waals surface area contributed by atoms with Crippen LogP contribution in [0, 0.1) is 0 Å². The van der Waals surface area contributed by atoms with E-state index in [9.17, 15) is 19.0 Å². The molecule has 1 N–H and O–H groups in total. The van der Waals surface area contributed by atoms with Gasteiger partial charge in [-0.2, -0.15) is 0 Å². The minimum atomic E-state index is -4.42. The molecule has 0 bridgehead atoms. The number of hydrogen-bond donors (Lipinski definition) is 1. The molecule has 2 unspecified atom stereocenters. The van der Waals surface area contributed by atoms with Crippen molar-refractivity contribution in [1.29, 1.82) is 0 Å². The van der Waals surface area contributed by atoms with E-state index in [1.165, 1.54) is 109 Å². The monoisotopic (exact) mass is 1350 g/mol. The van der Waals surface area contributed by atoms with Crippen LogP contribution in [0.3, 0.4) is 0 Å². The maximum Gasteiger partial charge on any atom is 0.472 e. The lowest BCUT2D eigenvalue weighted by Crippen LogP contribution is -2.37. The number of phosphoric acid groups is 1. The maximum absolute atomic E-state index is 12.9. The van der Waals surface area contributed by atoms with Gasteiger partial charge >= 0.3 is 19.8 Å². The van der Waals surface area contributed by atoms with Crippen LogP contribution in [-0.4, -0.2) is 74.9 Å². The molecular weight excluding hydrogens is 1210 g/mol. The smallest absolute Gasteiger partial charge is 0.462 e. The van der Waals surface area contributed by atoms with Crippen LogP contribution in [0.2, 0.25) is 0 Å². The normalized spacial score (nSPS) is 14.2. The quantitative estimate of drug-likeness (QED) is 0.0211. The number of ether oxygens (including phenoxy) is 2. The summed E-state index contributed by atoms with van der Waals surface area (Å²) in [6.07, 6.45) is 116. The number of likely N-dealkylation sites (N-methyl/N-ethyl adjacent to an activating group) is 1. The van der Waals surface area contributed by atoms with Crippen molar-refractivity contribution < 1.29 is 42.1 Å². The molecule has 0 aromatic carbocycles. The third-order valence-electron chi connectivity index (χ3n) is 15.6. The number of carbonyl (C=O) groups excluding carboxylic acids is 2. The van der Waals surface area contributed by atoms with E-state index in [1.54, 1.807) is 0 Å². The molecular formula is C86H141NO8P+. The molecule has 10 heteroatoms. The van der Waals surface area contributed by atoms with Crippen molar-refractivity contribution in [3.05, 3.63) is 194 Å². The minimum absolute atomic E-state index is 0.0161. The van der Waals surface area contributed by atoms with Crippen LogP contribution in [-0.2, 0) is 32.7 Å². The molecule has 542 valence electrons. The van der Waals surface area contributed by atoms with Gasteiger partial charge in [-0.25, -0.2) is 4.57 Å². The fourth-order valence-corrected chi connectivity index (χ4v) is 10.6. The van der Waals surface area contributed by atoms with Gasteiger partial charge in [0.15, 0.2) is 6.10 Å². The summed E-state index contributed by atoms with van der Waals surface area (Å²) in [4.78, 5) is 35.9. The Hall–Kier alpha value is -5.15. The van der Waals surface area contributed by atoms with Crippen molar-refractivity contribution in [2.75, 3.05) is 47.5 Å². The zero-order chi connectivity index (χ0) is 69.7. The largest absolute Gasteiger partial charge is 0.472 e. The summed E-state index contributed by atoms with van der Waals surface area (Å²) in [7, 11) is 1.44. The van der Waals surface area contributed by atoms with Crippen molar-refractivity contribution in [3.8, 4) is 0 Å². The summed E-state index contributed by atoms with van der Waals surface area (Å²) in [5.41, 5.74) is 0. The molecule has 9 nitrogen and oxygen atoms in total. The van der Waals surface area contributed by atoms with E-state index in [-0.39, 0.29) is 32.0 Å². The van der Waals surface area contributed by atoms with Gasteiger partial charge in [-0.1, -0.05) is 324 Å². The number of esters is 2. The first kappa shape index (κ1) is 90.8. The van der Waals surface area contributed by atoms with E-state index < -0.39 is 26.5 Å². The number of carbonyl (C=O) groups is 2. The number of nitrogens with zero attached hydrogens (tertiary/aromatic N) is 1. The summed E-state index contributed by atoms with van der Waals surface area (Å²) >= 11 is 0. The van der Waals surface area contributed by atoms with Crippen molar-refractivity contribution >= 4 is 19.8 Å². The minimum Gasteiger partial charge on any atom is -0.462 e. The maximum atomic E-state index is 12.9. The number of phosphoric ester groups is 1. The van der Waals surface area contributed by atoms with Gasteiger partial charge in [-0.15, -0.1) is 0 Å². The summed E-state index contributed by atoms with van der Waals surface area (Å²) in [5, 5.41) is 0. The lowest BCUT2D eigenvalue weighted by molar-refractivity contribution is -0.870. The summed E-state index contributed by atoms with van der Waals surface area (Å²) in [6.45, 7) is 4.16. The predicted molar refractivity (Wildman–Crippen MR) is 417 cm³/mol. The standard InChI is InChI=1S/C86H140NO8P/c1-6-8-10-12-14-16-18-20-22-24-26-28-30-32-34-36-38-39-40-41-42-43-44-45-46-47-49-50-52-54-56-58-60-62-64-66-68-70-72-74-76-78-85(88)92-82-84(83-94-96(90,91)93-81-80-87(3,4)5)95-86(89)79-77-75-73-71-69-67-65-63-61-59-57-55-53-51-48-37-35-33-31-29-27-25-23-21-19-17-15-13-11-9-7-2/h8-11,14-17,20-23,26-29,32-35,38-39,41-42,48,51,55,57,61,63,67,69,84H,6-7,12-13,18-19,24-25,30-31,36-37,40,43-47,49-50,52-54,56,58-60,62,64-66,68,70-83H2,1-5H3/p+1/b10-8-,11-9-,16-14-,17-15-,22-20-,23-21-,28-26-,29-27-,34-32-,35-33-,39-38-,42-41-,51-48-,57-55-,63-61-,69-67-. The lowest BCUT2D eigenvalue weighted by Gasteiger charge is -2.24. The second kappa shape index (κ2) is 74.1. The highest BCUT2D eigenvalue weighted by molar-refractivity contribution is 7.47. The Bertz CT molecular complexity index is 2330. The van der Waals surface area contributed by atoms with Gasteiger partial charge in [0.25, 0.3) is 0 Å². The van der Waals surface area contributed by atoms with Crippen molar-refractivity contribution in [2.24, 2.45) is 0 Å². The van der Waals surface area contributed by atoms with Crippen LogP contribution in [0.15, 0.2) is 194 Å². The number of unbranched alkanes of at least 4 members (excludes halogenated alkanes) is 22. The van der Waals surface area contributed by atoms with Gasteiger partial charge in [0, 0.05) is 12.8 Å². The molecule has 0 heterocycles. The molecule has 0 spiro atoms. The molecule has 0 aromatic rings. The SMILES string of the molecule is CC/C=C\C/C=C\C/C=C\C/C=C\C/C=C\C/C=C\C/C=C\C/C=C\C/C=C\CCCCCC(=O)OC(COC(=O)CCCCCCCCCCCCCCCCCCCCC/C=C\C/C=C\C/C=C\C/C=C\C/C=C\C/C=C\C/C=C\CC)COP(=O)(O)OCC[N+](C)(C)C. The molecule has 0 aromatic heterocycles. The Balaban J connectivity index is 4.08. The number of quaternary nitrogens is 1. The molecule has 0 aliphatic carbocycles. The van der Waals surface area contributed by atoms with E-state index in [0.29, 0.717) is 17.4 Å². The summed E-state index contributed by atoms with van der Waals surface area (Å²) in [6, 6.07) is 0. The van der Waals surface area contributed by atoms with Gasteiger partial charge in [0.2, 0.25) is 0 Å². The fourth-order valence-electron chi connectivity index (χ4n) is 9.87. The van der Waals surface area contributed by atoms with E-state index in [4.69, 9.17) is 18.5 Å². The third kappa shape index (κ3) is 77.9. The van der Waals surface area contributed by atoms with Crippen LogP contribution >= 0.6 is 7.82 Å². The average molecular weight is 1350 g/mol. The first-order chi connectivity index (χ1) is 47.0. The number of hydrogen-bond acceptors (Lipinski definition) is 7. The van der Waals surface area contributed by atoms with Crippen molar-refractivity contribution in [2.45, 2.75) is 290 Å². The predicted octanol–water partition coefficient (Wildman–Crippen LogP) is 25.6. The van der Waals surface area contributed by atoms with Crippen LogP contribution < -0.4 is 0 Å². The molecule has 0 aliphatic heterocycles. The highest BCUT2D eigenvalue weighted by atomic mass is 31.2. The Morgan fingerprint density at radius 1 is 0.323 bits per heavy atom. The molecule has 0 aliphatic rings. The molecule has 0 fully saturated rings. The van der Waals surface area contributed by atoms with Crippen LogP contribution in [0.4, 0.5) is 0 Å². The third-order valence-corrected chi connectivity index (χ3v) is 16.6. The summed E-state index contributed by atoms with van der Waals surface area (Å²) < 4.78 is 34.7. The van der Waals surface area contributed by atoms with Gasteiger partial charge in [0.1, 0.15) is 19.8 Å². The van der Waals surface area contributed by atoms with E-state index in [1.807, 2.05) is 21.1 Å². The average Bonchev–Trinajstić information content (AvgIpc) is 1.97. The lowest BCUT2D eigenvalue weighted by atomic mass is 10.0.